The van der Waals surface area contributed by atoms with Gasteiger partial charge >= 0.3 is 5.97 Å². The summed E-state index contributed by atoms with van der Waals surface area (Å²) in [5.41, 5.74) is 0. The lowest BCUT2D eigenvalue weighted by Crippen LogP contribution is -2.40. The topological polar surface area (TPSA) is 94.9 Å². The molecule has 1 aliphatic rings. The van der Waals surface area contributed by atoms with Gasteiger partial charge in [-0.05, 0) is 22.0 Å². The van der Waals surface area contributed by atoms with Crippen molar-refractivity contribution in [3.8, 4) is 0 Å². The summed E-state index contributed by atoms with van der Waals surface area (Å²) in [4.78, 5) is 11.1. The zero-order chi connectivity index (χ0) is 14.4. The SMILES string of the molecule is O=C(O)[C@@H]1CC(O)CN1S(=O)(=O)c1cc(Cl)c(Br)s1. The Kier molecular flexibility index (Phi) is 4.24. The van der Waals surface area contributed by atoms with E-state index in [9.17, 15) is 18.3 Å². The van der Waals surface area contributed by atoms with Crippen LogP contribution in [0.5, 0.6) is 0 Å². The lowest BCUT2D eigenvalue weighted by molar-refractivity contribution is -0.140. The first kappa shape index (κ1) is 15.2. The van der Waals surface area contributed by atoms with Gasteiger partial charge in [-0.25, -0.2) is 8.42 Å². The monoisotopic (exact) mass is 389 g/mol. The number of aliphatic hydroxyl groups is 1. The standard InChI is InChI=1S/C9H9BrClNO5S2/c10-8-5(11)2-7(18-8)19(16,17)12-3-4(13)1-6(12)9(14)15/h2,4,6,13H,1,3H2,(H,14,15)/t4?,6-/m0/s1. The number of nitrogens with zero attached hydrogens (tertiary/aromatic N) is 1. The van der Waals surface area contributed by atoms with E-state index >= 15 is 0 Å². The zero-order valence-corrected chi connectivity index (χ0v) is 13.3. The smallest absolute Gasteiger partial charge is 0.322 e. The van der Waals surface area contributed by atoms with Crippen LogP contribution in [-0.4, -0.2) is 47.6 Å². The maximum absolute atomic E-state index is 12.3. The van der Waals surface area contributed by atoms with Crippen LogP contribution in [0.1, 0.15) is 6.42 Å². The fraction of sp³-hybridized carbons (Fsp3) is 0.444. The van der Waals surface area contributed by atoms with Crippen molar-refractivity contribution in [1.29, 1.82) is 0 Å². The van der Waals surface area contributed by atoms with Gasteiger partial charge in [-0.1, -0.05) is 11.6 Å². The van der Waals surface area contributed by atoms with Gasteiger partial charge in [0, 0.05) is 13.0 Å². The molecule has 1 aromatic heterocycles. The van der Waals surface area contributed by atoms with E-state index in [0.29, 0.717) is 3.79 Å². The molecule has 106 valence electrons. The van der Waals surface area contributed by atoms with Gasteiger partial charge < -0.3 is 10.2 Å². The normalized spacial score (nSPS) is 24.8. The third-order valence-corrected chi connectivity index (χ3v) is 7.50. The summed E-state index contributed by atoms with van der Waals surface area (Å²) < 4.78 is 25.9. The number of hydrogen-bond acceptors (Lipinski definition) is 5. The number of carbonyl (C=O) groups is 1. The predicted molar refractivity (Wildman–Crippen MR) is 73.0 cm³/mol. The molecule has 1 saturated heterocycles. The quantitative estimate of drug-likeness (QED) is 0.813. The van der Waals surface area contributed by atoms with Crippen molar-refractivity contribution < 1.29 is 23.4 Å². The molecule has 0 aliphatic carbocycles. The highest BCUT2D eigenvalue weighted by Gasteiger charge is 2.44. The second-order valence-electron chi connectivity index (χ2n) is 4.01. The number of carboxylic acids is 1. The number of rotatable bonds is 3. The van der Waals surface area contributed by atoms with Crippen molar-refractivity contribution in [2.75, 3.05) is 6.54 Å². The summed E-state index contributed by atoms with van der Waals surface area (Å²) in [5, 5.41) is 18.8. The Bertz CT molecular complexity index is 597. The van der Waals surface area contributed by atoms with Gasteiger partial charge in [-0.3, -0.25) is 4.79 Å². The molecule has 19 heavy (non-hydrogen) atoms. The Hall–Kier alpha value is -0.190. The van der Waals surface area contributed by atoms with Crippen molar-refractivity contribution in [2.24, 2.45) is 0 Å². The van der Waals surface area contributed by atoms with Crippen LogP contribution in [0.3, 0.4) is 0 Å². The van der Waals surface area contributed by atoms with Gasteiger partial charge in [-0.15, -0.1) is 11.3 Å². The molecule has 2 N–H and O–H groups in total. The largest absolute Gasteiger partial charge is 0.480 e. The molecule has 1 fully saturated rings. The van der Waals surface area contributed by atoms with Crippen LogP contribution in [0.4, 0.5) is 0 Å². The van der Waals surface area contributed by atoms with E-state index in [-0.39, 0.29) is 22.2 Å². The summed E-state index contributed by atoms with van der Waals surface area (Å²) in [6.45, 7) is -0.230. The Morgan fingerprint density at radius 3 is 2.68 bits per heavy atom. The first-order chi connectivity index (χ1) is 8.73. The number of sulfonamides is 1. The Labute approximate surface area is 126 Å². The Morgan fingerprint density at radius 1 is 1.58 bits per heavy atom. The molecular formula is C9H9BrClNO5S2. The molecule has 10 heteroatoms. The van der Waals surface area contributed by atoms with E-state index in [2.05, 4.69) is 15.9 Å². The van der Waals surface area contributed by atoms with Crippen molar-refractivity contribution in [3.05, 3.63) is 14.9 Å². The van der Waals surface area contributed by atoms with Gasteiger partial charge in [0.05, 0.1) is 14.9 Å². The van der Waals surface area contributed by atoms with Crippen LogP contribution in [0.15, 0.2) is 14.1 Å². The van der Waals surface area contributed by atoms with E-state index in [0.717, 1.165) is 15.6 Å². The number of β-amino-alcohol motifs (C(OH)–C–C–N with tert-alkyl or cyclic N) is 1. The highest BCUT2D eigenvalue weighted by molar-refractivity contribution is 9.11. The summed E-state index contributed by atoms with van der Waals surface area (Å²) in [5.74, 6) is -1.28. The van der Waals surface area contributed by atoms with Crippen molar-refractivity contribution in [3.63, 3.8) is 0 Å². The van der Waals surface area contributed by atoms with Crippen LogP contribution < -0.4 is 0 Å². The van der Waals surface area contributed by atoms with E-state index in [1.54, 1.807) is 0 Å². The fourth-order valence-electron chi connectivity index (χ4n) is 1.84. The lowest BCUT2D eigenvalue weighted by atomic mass is 10.2. The van der Waals surface area contributed by atoms with Crippen molar-refractivity contribution in [1.82, 2.24) is 4.31 Å². The molecule has 0 radical (unpaired) electrons. The summed E-state index contributed by atoms with van der Waals surface area (Å²) in [7, 11) is -3.97. The molecule has 1 unspecified atom stereocenters. The van der Waals surface area contributed by atoms with Crippen LogP contribution in [0, 0.1) is 0 Å². The second kappa shape index (κ2) is 5.30. The summed E-state index contributed by atoms with van der Waals surface area (Å²) in [6, 6.07) is 0.00885. The van der Waals surface area contributed by atoms with Gasteiger partial charge in [-0.2, -0.15) is 4.31 Å². The van der Waals surface area contributed by atoms with Crippen LogP contribution in [-0.2, 0) is 14.8 Å². The molecular weight excluding hydrogens is 382 g/mol. The molecule has 2 atom stereocenters. The lowest BCUT2D eigenvalue weighted by Gasteiger charge is -2.19. The molecule has 0 bridgehead atoms. The van der Waals surface area contributed by atoms with Gasteiger partial charge in [0.2, 0.25) is 0 Å². The summed E-state index contributed by atoms with van der Waals surface area (Å²) >= 11 is 9.80. The molecule has 2 heterocycles. The van der Waals surface area contributed by atoms with Crippen molar-refractivity contribution >= 4 is 54.9 Å². The van der Waals surface area contributed by atoms with Gasteiger partial charge in [0.25, 0.3) is 10.0 Å². The number of carboxylic acid groups (broad SMARTS) is 1. The number of thiophene rings is 1. The fourth-order valence-corrected chi connectivity index (χ4v) is 6.00. The molecule has 2 rings (SSSR count). The highest BCUT2D eigenvalue weighted by atomic mass is 79.9. The number of aliphatic carboxylic acids is 1. The second-order valence-corrected chi connectivity index (χ2v) is 8.90. The minimum Gasteiger partial charge on any atom is -0.480 e. The molecule has 1 aliphatic heterocycles. The van der Waals surface area contributed by atoms with E-state index in [4.69, 9.17) is 16.7 Å². The van der Waals surface area contributed by atoms with Gasteiger partial charge in [0.15, 0.2) is 0 Å². The van der Waals surface area contributed by atoms with Crippen LogP contribution >= 0.6 is 38.9 Å². The molecule has 1 aromatic rings. The number of hydrogen-bond donors (Lipinski definition) is 2. The molecule has 0 saturated carbocycles. The van der Waals surface area contributed by atoms with Gasteiger partial charge in [0.1, 0.15) is 10.3 Å². The maximum Gasteiger partial charge on any atom is 0.322 e. The third-order valence-electron chi connectivity index (χ3n) is 2.70. The van der Waals surface area contributed by atoms with Crippen LogP contribution in [0.2, 0.25) is 5.02 Å². The average molecular weight is 391 g/mol. The molecule has 0 aromatic carbocycles. The maximum atomic E-state index is 12.3. The third kappa shape index (κ3) is 2.81. The highest BCUT2D eigenvalue weighted by Crippen LogP contribution is 2.37. The minimum atomic E-state index is -3.97. The molecule has 0 spiro atoms. The average Bonchev–Trinajstić information content (AvgIpc) is 2.84. The zero-order valence-electron chi connectivity index (χ0n) is 9.29. The summed E-state index contributed by atoms with van der Waals surface area (Å²) in [6.07, 6.45) is -1.09. The first-order valence-electron chi connectivity index (χ1n) is 5.11. The Balaban J connectivity index is 2.41. The van der Waals surface area contributed by atoms with E-state index < -0.39 is 28.1 Å². The van der Waals surface area contributed by atoms with Crippen LogP contribution in [0.25, 0.3) is 0 Å². The molecule has 0 amide bonds. The number of aliphatic hydroxyl groups excluding tert-OH is 1. The predicted octanol–water partition coefficient (Wildman–Crippen LogP) is 1.37. The number of halogens is 2. The van der Waals surface area contributed by atoms with Crippen molar-refractivity contribution in [2.45, 2.75) is 22.8 Å². The Morgan fingerprint density at radius 2 is 2.21 bits per heavy atom. The minimum absolute atomic E-state index is 0.0512. The van der Waals surface area contributed by atoms with E-state index in [1.807, 2.05) is 0 Å². The van der Waals surface area contributed by atoms with E-state index in [1.165, 1.54) is 6.07 Å². The first-order valence-corrected chi connectivity index (χ1v) is 8.53. The molecule has 6 nitrogen and oxygen atoms in total.